The van der Waals surface area contributed by atoms with Crippen LogP contribution in [0, 0.1) is 5.92 Å². The fourth-order valence-corrected chi connectivity index (χ4v) is 2.54. The Balaban J connectivity index is 1.82. The largest absolute Gasteiger partial charge is 0.386 e. The van der Waals surface area contributed by atoms with Gasteiger partial charge in [-0.3, -0.25) is 4.98 Å². The summed E-state index contributed by atoms with van der Waals surface area (Å²) < 4.78 is 0. The first-order chi connectivity index (χ1) is 8.34. The molecule has 0 saturated carbocycles. The van der Waals surface area contributed by atoms with Gasteiger partial charge < -0.3 is 10.1 Å². The molecule has 1 aliphatic carbocycles. The highest BCUT2D eigenvalue weighted by Gasteiger charge is 2.29. The number of hydrogen-bond acceptors (Lipinski definition) is 3. The lowest BCUT2D eigenvalue weighted by molar-refractivity contribution is 0.0887. The highest BCUT2D eigenvalue weighted by Crippen LogP contribution is 2.34. The topological polar surface area (TPSA) is 61.8 Å². The lowest BCUT2D eigenvalue weighted by Gasteiger charge is -2.28. The molecule has 0 radical (unpaired) electrons. The van der Waals surface area contributed by atoms with E-state index in [0.717, 1.165) is 30.7 Å². The van der Waals surface area contributed by atoms with Crippen molar-refractivity contribution in [3.05, 3.63) is 47.8 Å². The average Bonchev–Trinajstić information content (AvgIpc) is 2.86. The van der Waals surface area contributed by atoms with Gasteiger partial charge in [0.05, 0.1) is 23.8 Å². The van der Waals surface area contributed by atoms with E-state index < -0.39 is 6.10 Å². The molecular formula is C13H15N3O. The number of aliphatic hydroxyl groups is 1. The zero-order chi connectivity index (χ0) is 11.7. The molecule has 0 amide bonds. The molecule has 4 nitrogen and oxygen atoms in total. The number of rotatable bonds is 2. The van der Waals surface area contributed by atoms with Crippen LogP contribution in [0.3, 0.4) is 0 Å². The Hall–Kier alpha value is -1.68. The summed E-state index contributed by atoms with van der Waals surface area (Å²) in [4.78, 5) is 11.5. The second-order valence-corrected chi connectivity index (χ2v) is 4.56. The van der Waals surface area contributed by atoms with Crippen molar-refractivity contribution in [2.45, 2.75) is 25.4 Å². The third-order valence-corrected chi connectivity index (χ3v) is 3.46. The molecule has 1 aliphatic rings. The molecule has 2 aromatic rings. The molecule has 3 rings (SSSR count). The second-order valence-electron chi connectivity index (χ2n) is 4.56. The smallest absolute Gasteiger partial charge is 0.0994 e. The summed E-state index contributed by atoms with van der Waals surface area (Å²) in [6.45, 7) is 0. The van der Waals surface area contributed by atoms with E-state index in [2.05, 4.69) is 21.0 Å². The van der Waals surface area contributed by atoms with Crippen LogP contribution in [-0.2, 0) is 12.8 Å². The Kier molecular flexibility index (Phi) is 2.65. The molecule has 0 aromatic carbocycles. The molecule has 2 N–H and O–H groups in total. The molecule has 0 aliphatic heterocycles. The number of aromatic nitrogens is 3. The summed E-state index contributed by atoms with van der Waals surface area (Å²) in [6, 6.07) is 3.98. The van der Waals surface area contributed by atoms with Crippen LogP contribution in [0.25, 0.3) is 0 Å². The number of hydrogen-bond donors (Lipinski definition) is 2. The maximum Gasteiger partial charge on any atom is 0.0994 e. The van der Waals surface area contributed by atoms with Gasteiger partial charge in [-0.15, -0.1) is 0 Å². The SMILES string of the molecule is OC1c2ncccc2CCC1Cc1c[nH]cn1. The van der Waals surface area contributed by atoms with Crippen LogP contribution in [0.1, 0.15) is 29.5 Å². The van der Waals surface area contributed by atoms with E-state index in [9.17, 15) is 5.11 Å². The number of H-pyrrole nitrogens is 1. The molecule has 0 saturated heterocycles. The predicted octanol–water partition coefficient (Wildman–Crippen LogP) is 1.64. The number of imidazole rings is 1. The Morgan fingerprint density at radius 2 is 2.35 bits per heavy atom. The second kappa shape index (κ2) is 4.30. The summed E-state index contributed by atoms with van der Waals surface area (Å²) in [5.74, 6) is 0.223. The van der Waals surface area contributed by atoms with E-state index in [4.69, 9.17) is 0 Å². The normalized spacial score (nSPS) is 23.4. The molecule has 0 bridgehead atoms. The lowest BCUT2D eigenvalue weighted by atomic mass is 9.82. The van der Waals surface area contributed by atoms with Crippen molar-refractivity contribution in [1.82, 2.24) is 15.0 Å². The number of nitrogens with one attached hydrogen (secondary N) is 1. The number of nitrogens with zero attached hydrogens (tertiary/aromatic N) is 2. The number of fused-ring (bicyclic) bond motifs is 1. The van der Waals surface area contributed by atoms with Crippen molar-refractivity contribution in [2.24, 2.45) is 5.92 Å². The summed E-state index contributed by atoms with van der Waals surface area (Å²) >= 11 is 0. The summed E-state index contributed by atoms with van der Waals surface area (Å²) in [5, 5.41) is 10.3. The minimum absolute atomic E-state index is 0.223. The van der Waals surface area contributed by atoms with E-state index in [1.165, 1.54) is 5.56 Å². The maximum atomic E-state index is 10.3. The molecule has 2 unspecified atom stereocenters. The molecular weight excluding hydrogens is 214 g/mol. The minimum atomic E-state index is -0.461. The first kappa shape index (κ1) is 10.5. The van der Waals surface area contributed by atoms with Crippen LogP contribution in [-0.4, -0.2) is 20.1 Å². The maximum absolute atomic E-state index is 10.3. The average molecular weight is 229 g/mol. The van der Waals surface area contributed by atoms with E-state index in [-0.39, 0.29) is 5.92 Å². The van der Waals surface area contributed by atoms with E-state index in [1.54, 1.807) is 12.5 Å². The Labute approximate surface area is 99.8 Å². The molecule has 2 heterocycles. The molecule has 17 heavy (non-hydrogen) atoms. The van der Waals surface area contributed by atoms with Gasteiger partial charge in [0, 0.05) is 12.4 Å². The van der Waals surface area contributed by atoms with Crippen molar-refractivity contribution in [3.8, 4) is 0 Å². The number of aryl methyl sites for hydroxylation is 1. The first-order valence-electron chi connectivity index (χ1n) is 5.94. The third kappa shape index (κ3) is 1.96. The number of aliphatic hydroxyl groups excluding tert-OH is 1. The molecule has 2 atom stereocenters. The van der Waals surface area contributed by atoms with Crippen molar-refractivity contribution >= 4 is 0 Å². The minimum Gasteiger partial charge on any atom is -0.386 e. The standard InChI is InChI=1S/C13H15N3O/c17-13-10(6-11-7-14-8-16-11)4-3-9-2-1-5-15-12(9)13/h1-2,5,7-8,10,13,17H,3-4,6H2,(H,14,16). The molecule has 2 aromatic heterocycles. The highest BCUT2D eigenvalue weighted by atomic mass is 16.3. The van der Waals surface area contributed by atoms with Gasteiger partial charge in [0.25, 0.3) is 0 Å². The quantitative estimate of drug-likeness (QED) is 0.823. The van der Waals surface area contributed by atoms with Crippen LogP contribution >= 0.6 is 0 Å². The lowest BCUT2D eigenvalue weighted by Crippen LogP contribution is -2.23. The first-order valence-corrected chi connectivity index (χ1v) is 5.94. The zero-order valence-electron chi connectivity index (χ0n) is 9.50. The van der Waals surface area contributed by atoms with Gasteiger partial charge in [-0.1, -0.05) is 6.07 Å². The molecule has 88 valence electrons. The third-order valence-electron chi connectivity index (χ3n) is 3.46. The van der Waals surface area contributed by atoms with E-state index in [1.807, 2.05) is 12.3 Å². The van der Waals surface area contributed by atoms with Crippen LogP contribution in [0.2, 0.25) is 0 Å². The van der Waals surface area contributed by atoms with Crippen molar-refractivity contribution in [1.29, 1.82) is 0 Å². The van der Waals surface area contributed by atoms with Gasteiger partial charge in [-0.2, -0.15) is 0 Å². The monoisotopic (exact) mass is 229 g/mol. The van der Waals surface area contributed by atoms with Gasteiger partial charge in [-0.05, 0) is 36.8 Å². The fourth-order valence-electron chi connectivity index (χ4n) is 2.54. The summed E-state index contributed by atoms with van der Waals surface area (Å²) in [6.07, 6.45) is 7.65. The number of pyridine rings is 1. The molecule has 0 spiro atoms. The Bertz CT molecular complexity index is 495. The van der Waals surface area contributed by atoms with Crippen LogP contribution in [0.15, 0.2) is 30.9 Å². The summed E-state index contributed by atoms with van der Waals surface area (Å²) in [7, 11) is 0. The van der Waals surface area contributed by atoms with Gasteiger partial charge in [0.15, 0.2) is 0 Å². The molecule has 4 heteroatoms. The van der Waals surface area contributed by atoms with Gasteiger partial charge in [-0.25, -0.2) is 4.98 Å². The van der Waals surface area contributed by atoms with Crippen LogP contribution < -0.4 is 0 Å². The van der Waals surface area contributed by atoms with Crippen molar-refractivity contribution < 1.29 is 5.11 Å². The fraction of sp³-hybridized carbons (Fsp3) is 0.385. The Morgan fingerprint density at radius 3 is 3.18 bits per heavy atom. The van der Waals surface area contributed by atoms with Crippen molar-refractivity contribution in [3.63, 3.8) is 0 Å². The van der Waals surface area contributed by atoms with Gasteiger partial charge in [0.1, 0.15) is 0 Å². The summed E-state index contributed by atoms with van der Waals surface area (Å²) in [5.41, 5.74) is 3.03. The van der Waals surface area contributed by atoms with Crippen LogP contribution in [0.5, 0.6) is 0 Å². The van der Waals surface area contributed by atoms with E-state index >= 15 is 0 Å². The molecule has 0 fully saturated rings. The Morgan fingerprint density at radius 1 is 1.41 bits per heavy atom. The van der Waals surface area contributed by atoms with Crippen LogP contribution in [0.4, 0.5) is 0 Å². The van der Waals surface area contributed by atoms with Gasteiger partial charge in [0.2, 0.25) is 0 Å². The highest BCUT2D eigenvalue weighted by molar-refractivity contribution is 5.25. The zero-order valence-corrected chi connectivity index (χ0v) is 9.50. The van der Waals surface area contributed by atoms with Crippen molar-refractivity contribution in [2.75, 3.05) is 0 Å². The predicted molar refractivity (Wildman–Crippen MR) is 63.3 cm³/mol. The van der Waals surface area contributed by atoms with Gasteiger partial charge >= 0.3 is 0 Å². The van der Waals surface area contributed by atoms with E-state index in [0.29, 0.717) is 0 Å². The number of aromatic amines is 1.